The number of amides is 1. The highest BCUT2D eigenvalue weighted by atomic mass is 32.2. The molecule has 0 saturated carbocycles. The van der Waals surface area contributed by atoms with Crippen molar-refractivity contribution in [1.82, 2.24) is 5.32 Å². The van der Waals surface area contributed by atoms with Crippen molar-refractivity contribution in [3.63, 3.8) is 0 Å². The van der Waals surface area contributed by atoms with Crippen molar-refractivity contribution in [3.05, 3.63) is 72.3 Å². The van der Waals surface area contributed by atoms with Gasteiger partial charge in [-0.25, -0.2) is 16.8 Å². The monoisotopic (exact) mass is 505 g/mol. The molecule has 180 valence electrons. The fourth-order valence-electron chi connectivity index (χ4n) is 2.96. The van der Waals surface area contributed by atoms with E-state index in [1.54, 1.807) is 24.3 Å². The van der Waals surface area contributed by atoms with Gasteiger partial charge in [0.2, 0.25) is 0 Å². The van der Waals surface area contributed by atoms with Gasteiger partial charge >= 0.3 is 0 Å². The van der Waals surface area contributed by atoms with Gasteiger partial charge in [0.15, 0.2) is 0 Å². The Morgan fingerprint density at radius 1 is 0.706 bits per heavy atom. The van der Waals surface area contributed by atoms with E-state index in [2.05, 4.69) is 14.8 Å². The summed E-state index contributed by atoms with van der Waals surface area (Å²) in [6.07, 6.45) is 0. The van der Waals surface area contributed by atoms with Crippen molar-refractivity contribution in [1.29, 1.82) is 0 Å². The SMILES string of the molecule is CNC(=O)c1cc(S(=O)(=O)Nc2ccc(S(=O)(=O)Nc3ccc(OC)cc3)cc2)ccc1OC. The molecule has 10 nitrogen and oxygen atoms in total. The molecule has 3 rings (SSSR count). The van der Waals surface area contributed by atoms with Crippen molar-refractivity contribution in [2.75, 3.05) is 30.7 Å². The first kappa shape index (κ1) is 24.9. The number of hydrogen-bond acceptors (Lipinski definition) is 7. The zero-order chi connectivity index (χ0) is 24.9. The van der Waals surface area contributed by atoms with Crippen LogP contribution in [0.25, 0.3) is 0 Å². The van der Waals surface area contributed by atoms with E-state index in [0.717, 1.165) is 0 Å². The first-order chi connectivity index (χ1) is 16.1. The van der Waals surface area contributed by atoms with Gasteiger partial charge in [0.1, 0.15) is 11.5 Å². The van der Waals surface area contributed by atoms with Crippen LogP contribution in [0.2, 0.25) is 0 Å². The minimum Gasteiger partial charge on any atom is -0.497 e. The first-order valence-corrected chi connectivity index (χ1v) is 12.8. The molecule has 3 aromatic rings. The Morgan fingerprint density at radius 3 is 1.71 bits per heavy atom. The topological polar surface area (TPSA) is 140 Å². The van der Waals surface area contributed by atoms with Gasteiger partial charge in [0.05, 0.1) is 29.6 Å². The summed E-state index contributed by atoms with van der Waals surface area (Å²) < 4.78 is 65.9. The molecule has 12 heteroatoms. The number of methoxy groups -OCH3 is 2. The van der Waals surface area contributed by atoms with Crippen LogP contribution in [0.5, 0.6) is 11.5 Å². The summed E-state index contributed by atoms with van der Waals surface area (Å²) in [7, 11) is -3.68. The Balaban J connectivity index is 1.80. The standard InChI is InChI=1S/C22H23N3O7S2/c1-23-22(26)20-14-19(12-13-21(20)32-3)34(29,30)25-16-6-10-18(11-7-16)33(27,28)24-15-4-8-17(31-2)9-5-15/h4-14,24-25H,1-3H3,(H,23,26). The molecule has 0 unspecified atom stereocenters. The van der Waals surface area contributed by atoms with E-state index in [0.29, 0.717) is 11.4 Å². The van der Waals surface area contributed by atoms with Crippen LogP contribution >= 0.6 is 0 Å². The van der Waals surface area contributed by atoms with Gasteiger partial charge in [-0.3, -0.25) is 14.2 Å². The smallest absolute Gasteiger partial charge is 0.261 e. The number of benzene rings is 3. The largest absolute Gasteiger partial charge is 0.497 e. The second kappa shape index (κ2) is 10.0. The zero-order valence-corrected chi connectivity index (χ0v) is 20.2. The van der Waals surface area contributed by atoms with Crippen LogP contribution in [0.15, 0.2) is 76.5 Å². The van der Waals surface area contributed by atoms with Gasteiger partial charge in [0.25, 0.3) is 26.0 Å². The molecule has 0 aliphatic heterocycles. The van der Waals surface area contributed by atoms with Crippen LogP contribution in [0.1, 0.15) is 10.4 Å². The number of carbonyl (C=O) groups is 1. The predicted molar refractivity (Wildman–Crippen MR) is 127 cm³/mol. The molecule has 1 amide bonds. The molecule has 0 saturated heterocycles. The van der Waals surface area contributed by atoms with Gasteiger partial charge in [-0.15, -0.1) is 0 Å². The average molecular weight is 506 g/mol. The second-order valence-corrected chi connectivity index (χ2v) is 10.3. The van der Waals surface area contributed by atoms with Crippen molar-refractivity contribution >= 4 is 37.3 Å². The number of rotatable bonds is 9. The van der Waals surface area contributed by atoms with E-state index < -0.39 is 26.0 Å². The first-order valence-electron chi connectivity index (χ1n) is 9.79. The highest BCUT2D eigenvalue weighted by Gasteiger charge is 2.20. The third kappa shape index (κ3) is 5.58. The van der Waals surface area contributed by atoms with Gasteiger partial charge in [-0.2, -0.15) is 0 Å². The molecular formula is C22H23N3O7S2. The lowest BCUT2D eigenvalue weighted by atomic mass is 10.2. The molecule has 0 radical (unpaired) electrons. The van der Waals surface area contributed by atoms with E-state index in [9.17, 15) is 21.6 Å². The van der Waals surface area contributed by atoms with E-state index in [1.807, 2.05) is 0 Å². The summed E-state index contributed by atoms with van der Waals surface area (Å²) in [5.41, 5.74) is 0.539. The molecule has 0 aromatic heterocycles. The van der Waals surface area contributed by atoms with E-state index >= 15 is 0 Å². The normalized spacial score (nSPS) is 11.4. The minimum atomic E-state index is -4.07. The van der Waals surface area contributed by atoms with Crippen molar-refractivity contribution in [2.45, 2.75) is 9.79 Å². The quantitative estimate of drug-likeness (QED) is 0.406. The predicted octanol–water partition coefficient (Wildman–Crippen LogP) is 2.67. The molecule has 0 aliphatic carbocycles. The van der Waals surface area contributed by atoms with E-state index in [1.165, 1.54) is 63.7 Å². The summed E-state index contributed by atoms with van der Waals surface area (Å²) in [5, 5.41) is 2.42. The summed E-state index contributed by atoms with van der Waals surface area (Å²) >= 11 is 0. The number of ether oxygens (including phenoxy) is 2. The molecule has 3 N–H and O–H groups in total. The summed E-state index contributed by atoms with van der Waals surface area (Å²) in [6, 6.07) is 15.4. The lowest BCUT2D eigenvalue weighted by Crippen LogP contribution is -2.20. The Kier molecular flexibility index (Phi) is 7.32. The van der Waals surface area contributed by atoms with E-state index in [-0.39, 0.29) is 26.8 Å². The Morgan fingerprint density at radius 2 is 1.21 bits per heavy atom. The maximum absolute atomic E-state index is 12.8. The van der Waals surface area contributed by atoms with Crippen LogP contribution in [-0.2, 0) is 20.0 Å². The van der Waals surface area contributed by atoms with Crippen LogP contribution < -0.4 is 24.2 Å². The molecular weight excluding hydrogens is 482 g/mol. The number of carbonyl (C=O) groups excluding carboxylic acids is 1. The van der Waals surface area contributed by atoms with Crippen LogP contribution in [-0.4, -0.2) is 44.0 Å². The molecule has 0 spiro atoms. The van der Waals surface area contributed by atoms with Gasteiger partial charge in [-0.1, -0.05) is 0 Å². The highest BCUT2D eigenvalue weighted by Crippen LogP contribution is 2.25. The Labute approximate surface area is 198 Å². The summed E-state index contributed by atoms with van der Waals surface area (Å²) in [5.74, 6) is 0.295. The molecule has 0 heterocycles. The minimum absolute atomic E-state index is 0.0546. The van der Waals surface area contributed by atoms with Crippen LogP contribution in [0.4, 0.5) is 11.4 Å². The third-order valence-electron chi connectivity index (χ3n) is 4.71. The summed E-state index contributed by atoms with van der Waals surface area (Å²) in [4.78, 5) is 11.8. The van der Waals surface area contributed by atoms with Crippen molar-refractivity contribution in [3.8, 4) is 11.5 Å². The Bertz CT molecular complexity index is 1390. The highest BCUT2D eigenvalue weighted by molar-refractivity contribution is 7.93. The fourth-order valence-corrected chi connectivity index (χ4v) is 5.10. The third-order valence-corrected chi connectivity index (χ3v) is 7.49. The Hall–Kier alpha value is -3.77. The second-order valence-electron chi connectivity index (χ2n) is 6.91. The van der Waals surface area contributed by atoms with Crippen LogP contribution in [0, 0.1) is 0 Å². The van der Waals surface area contributed by atoms with Crippen LogP contribution in [0.3, 0.4) is 0 Å². The molecule has 0 aliphatic rings. The molecule has 0 atom stereocenters. The molecule has 0 bridgehead atoms. The number of nitrogens with one attached hydrogen (secondary N) is 3. The van der Waals surface area contributed by atoms with Gasteiger partial charge in [-0.05, 0) is 66.7 Å². The molecule has 34 heavy (non-hydrogen) atoms. The summed E-state index contributed by atoms with van der Waals surface area (Å²) in [6.45, 7) is 0. The molecule has 0 fully saturated rings. The lowest BCUT2D eigenvalue weighted by Gasteiger charge is -2.13. The average Bonchev–Trinajstić information content (AvgIpc) is 2.83. The maximum atomic E-state index is 12.8. The number of sulfonamides is 2. The fraction of sp³-hybridized carbons (Fsp3) is 0.136. The lowest BCUT2D eigenvalue weighted by molar-refractivity contribution is 0.0960. The van der Waals surface area contributed by atoms with E-state index in [4.69, 9.17) is 9.47 Å². The zero-order valence-electron chi connectivity index (χ0n) is 18.5. The number of anilines is 2. The molecule has 3 aromatic carbocycles. The number of hydrogen-bond donors (Lipinski definition) is 3. The van der Waals surface area contributed by atoms with Gasteiger partial charge < -0.3 is 14.8 Å². The van der Waals surface area contributed by atoms with Crippen molar-refractivity contribution in [2.24, 2.45) is 0 Å². The van der Waals surface area contributed by atoms with Gasteiger partial charge in [0, 0.05) is 18.4 Å². The maximum Gasteiger partial charge on any atom is 0.261 e. The van der Waals surface area contributed by atoms with Crippen molar-refractivity contribution < 1.29 is 31.1 Å².